The van der Waals surface area contributed by atoms with Crippen molar-refractivity contribution in [2.45, 2.75) is 6.42 Å². The maximum absolute atomic E-state index is 13.1. The van der Waals surface area contributed by atoms with Crippen LogP contribution in [0.25, 0.3) is 0 Å². The van der Waals surface area contributed by atoms with Gasteiger partial charge in [0.2, 0.25) is 0 Å². The summed E-state index contributed by atoms with van der Waals surface area (Å²) < 4.78 is 26.0. The number of hydrogen-bond acceptors (Lipinski definition) is 3. The van der Waals surface area contributed by atoms with Crippen molar-refractivity contribution in [1.29, 1.82) is 0 Å². The lowest BCUT2D eigenvalue weighted by Gasteiger charge is -2.40. The van der Waals surface area contributed by atoms with E-state index in [1.807, 2.05) is 0 Å². The van der Waals surface area contributed by atoms with Crippen LogP contribution in [0.1, 0.15) is 5.56 Å². The van der Waals surface area contributed by atoms with E-state index >= 15 is 0 Å². The molecule has 0 atom stereocenters. The molecule has 6 heteroatoms. The molecular weight excluding hydrogens is 284 g/mol. The molecule has 0 radical (unpaired) electrons. The normalized spacial score (nSPS) is 15.2. The highest BCUT2D eigenvalue weighted by Gasteiger charge is 2.29. The third kappa shape index (κ3) is 2.58. The fraction of sp³-hybridized carbons (Fsp3) is 0.286. The molecule has 1 aromatic heterocycles. The molecule has 20 heavy (non-hydrogen) atoms. The summed E-state index contributed by atoms with van der Waals surface area (Å²) in [5.74, 6) is -0.483. The third-order valence-electron chi connectivity index (χ3n) is 3.41. The van der Waals surface area contributed by atoms with Gasteiger partial charge in [-0.15, -0.1) is 0 Å². The average Bonchev–Trinajstić information content (AvgIpc) is 2.39. The highest BCUT2D eigenvalue weighted by atomic mass is 35.5. The van der Waals surface area contributed by atoms with Crippen molar-refractivity contribution in [2.75, 3.05) is 18.0 Å². The number of hydrogen-bond donors (Lipinski definition) is 0. The van der Waals surface area contributed by atoms with Crippen molar-refractivity contribution in [1.82, 2.24) is 9.97 Å². The number of anilines is 1. The van der Waals surface area contributed by atoms with Gasteiger partial charge in [-0.05, 0) is 30.0 Å². The van der Waals surface area contributed by atoms with Gasteiger partial charge in [-0.3, -0.25) is 0 Å². The SMILES string of the molecule is Fc1ccc(CC2CN(c3ncncc3Cl)C2)cc1F. The summed E-state index contributed by atoms with van der Waals surface area (Å²) in [7, 11) is 0. The second-order valence-corrected chi connectivity index (χ2v) is 5.33. The van der Waals surface area contributed by atoms with Crippen molar-refractivity contribution in [2.24, 2.45) is 5.92 Å². The first-order valence-corrected chi connectivity index (χ1v) is 6.65. The van der Waals surface area contributed by atoms with Gasteiger partial charge in [0.15, 0.2) is 17.5 Å². The predicted molar refractivity (Wildman–Crippen MR) is 72.8 cm³/mol. The summed E-state index contributed by atoms with van der Waals surface area (Å²) in [5.41, 5.74) is 0.808. The molecular formula is C14H12ClF2N3. The highest BCUT2D eigenvalue weighted by Crippen LogP contribution is 2.30. The van der Waals surface area contributed by atoms with Crippen LogP contribution in [0, 0.1) is 17.6 Å². The molecule has 0 bridgehead atoms. The van der Waals surface area contributed by atoms with E-state index < -0.39 is 11.6 Å². The van der Waals surface area contributed by atoms with Crippen molar-refractivity contribution in [3.05, 3.63) is 52.9 Å². The third-order valence-corrected chi connectivity index (χ3v) is 3.68. The minimum atomic E-state index is -0.809. The maximum atomic E-state index is 13.1. The van der Waals surface area contributed by atoms with Crippen LogP contribution in [0.2, 0.25) is 5.02 Å². The van der Waals surface area contributed by atoms with Crippen LogP contribution in [0.4, 0.5) is 14.6 Å². The van der Waals surface area contributed by atoms with Gasteiger partial charge in [-0.25, -0.2) is 18.7 Å². The van der Waals surface area contributed by atoms with E-state index in [1.165, 1.54) is 18.5 Å². The van der Waals surface area contributed by atoms with Gasteiger partial charge >= 0.3 is 0 Å². The molecule has 0 spiro atoms. The predicted octanol–water partition coefficient (Wildman–Crippen LogP) is 3.09. The van der Waals surface area contributed by atoms with Gasteiger partial charge in [0, 0.05) is 13.1 Å². The van der Waals surface area contributed by atoms with E-state index in [2.05, 4.69) is 14.9 Å². The van der Waals surface area contributed by atoms with Crippen molar-refractivity contribution in [3.63, 3.8) is 0 Å². The second kappa shape index (κ2) is 5.32. The lowest BCUT2D eigenvalue weighted by Crippen LogP contribution is -2.48. The van der Waals surface area contributed by atoms with Crippen LogP contribution in [-0.2, 0) is 6.42 Å². The summed E-state index contributed by atoms with van der Waals surface area (Å²) in [6, 6.07) is 4.05. The van der Waals surface area contributed by atoms with Crippen LogP contribution in [0.3, 0.4) is 0 Å². The summed E-state index contributed by atoms with van der Waals surface area (Å²) in [5, 5.41) is 0.527. The quantitative estimate of drug-likeness (QED) is 0.871. The molecule has 1 aliphatic rings. The number of rotatable bonds is 3. The van der Waals surface area contributed by atoms with Crippen LogP contribution < -0.4 is 4.90 Å². The van der Waals surface area contributed by atoms with Crippen LogP contribution >= 0.6 is 11.6 Å². The summed E-state index contributed by atoms with van der Waals surface area (Å²) in [6.45, 7) is 1.60. The smallest absolute Gasteiger partial charge is 0.159 e. The lowest BCUT2D eigenvalue weighted by atomic mass is 9.92. The molecule has 2 heterocycles. The number of benzene rings is 1. The van der Waals surface area contributed by atoms with Crippen molar-refractivity contribution < 1.29 is 8.78 Å². The Morgan fingerprint density at radius 2 is 2.05 bits per heavy atom. The topological polar surface area (TPSA) is 29.0 Å². The van der Waals surface area contributed by atoms with Gasteiger partial charge in [-0.2, -0.15) is 0 Å². The molecule has 3 nitrogen and oxygen atoms in total. The molecule has 0 aliphatic carbocycles. The Morgan fingerprint density at radius 3 is 2.75 bits per heavy atom. The first kappa shape index (κ1) is 13.2. The van der Waals surface area contributed by atoms with Gasteiger partial charge in [0.1, 0.15) is 11.3 Å². The molecule has 3 rings (SSSR count). The molecule has 2 aromatic rings. The largest absolute Gasteiger partial charge is 0.355 e. The fourth-order valence-electron chi connectivity index (χ4n) is 2.41. The molecule has 1 aliphatic heterocycles. The van der Waals surface area contributed by atoms with Crippen LogP contribution in [-0.4, -0.2) is 23.1 Å². The molecule has 1 aromatic carbocycles. The van der Waals surface area contributed by atoms with E-state index in [4.69, 9.17) is 11.6 Å². The first-order chi connectivity index (χ1) is 9.63. The van der Waals surface area contributed by atoms with E-state index in [0.717, 1.165) is 30.9 Å². The second-order valence-electron chi connectivity index (χ2n) is 4.92. The van der Waals surface area contributed by atoms with E-state index in [0.29, 0.717) is 10.9 Å². The fourth-order valence-corrected chi connectivity index (χ4v) is 2.64. The van der Waals surface area contributed by atoms with Crippen LogP contribution in [0.5, 0.6) is 0 Å². The van der Waals surface area contributed by atoms with Crippen molar-refractivity contribution >= 4 is 17.4 Å². The van der Waals surface area contributed by atoms with Crippen LogP contribution in [0.15, 0.2) is 30.7 Å². The molecule has 0 saturated carbocycles. The summed E-state index contributed by atoms with van der Waals surface area (Å²) in [4.78, 5) is 10.0. The van der Waals surface area contributed by atoms with E-state index in [9.17, 15) is 8.78 Å². The number of nitrogens with zero attached hydrogens (tertiary/aromatic N) is 3. The minimum Gasteiger partial charge on any atom is -0.355 e. The minimum absolute atomic E-state index is 0.394. The highest BCUT2D eigenvalue weighted by molar-refractivity contribution is 6.32. The molecule has 0 amide bonds. The lowest BCUT2D eigenvalue weighted by molar-refractivity contribution is 0.403. The first-order valence-electron chi connectivity index (χ1n) is 6.28. The monoisotopic (exact) mass is 295 g/mol. The van der Waals surface area contributed by atoms with Gasteiger partial charge in [-0.1, -0.05) is 17.7 Å². The number of aromatic nitrogens is 2. The molecule has 0 N–H and O–H groups in total. The zero-order valence-corrected chi connectivity index (χ0v) is 11.3. The van der Waals surface area contributed by atoms with Gasteiger partial charge < -0.3 is 4.90 Å². The average molecular weight is 296 g/mol. The molecule has 104 valence electrons. The molecule has 0 unspecified atom stereocenters. The van der Waals surface area contributed by atoms with Gasteiger partial charge in [0.05, 0.1) is 6.20 Å². The Morgan fingerprint density at radius 1 is 1.25 bits per heavy atom. The Hall–Kier alpha value is -1.75. The number of halogens is 3. The van der Waals surface area contributed by atoms with Gasteiger partial charge in [0.25, 0.3) is 0 Å². The maximum Gasteiger partial charge on any atom is 0.159 e. The Labute approximate surface area is 120 Å². The standard InChI is InChI=1S/C14H12ClF2N3/c15-11-5-18-8-19-14(11)20-6-10(7-20)3-9-1-2-12(16)13(17)4-9/h1-2,4-5,8,10H,3,6-7H2. The zero-order valence-electron chi connectivity index (χ0n) is 10.6. The Balaban J connectivity index is 1.61. The summed E-state index contributed by atoms with van der Waals surface area (Å²) in [6.07, 6.45) is 3.74. The Kier molecular flexibility index (Phi) is 3.53. The molecule has 1 saturated heterocycles. The summed E-state index contributed by atoms with van der Waals surface area (Å²) >= 11 is 6.02. The van der Waals surface area contributed by atoms with E-state index in [1.54, 1.807) is 12.3 Å². The molecule has 1 fully saturated rings. The van der Waals surface area contributed by atoms with Crippen molar-refractivity contribution in [3.8, 4) is 0 Å². The Bertz CT molecular complexity index is 630. The van der Waals surface area contributed by atoms with E-state index in [-0.39, 0.29) is 0 Å². The zero-order chi connectivity index (χ0) is 14.1.